The molecule has 12 heavy (non-hydrogen) atoms. The Bertz CT molecular complexity index is 168. The Hall–Kier alpha value is -0.410. The standard InChI is InChI=1S/C9H18N2O/c1-7(2)11-5-4-10-6-9(11)8(3)12/h7,9-10H,4-6H2,1-3H3/t9-/m0/s1. The van der Waals surface area contributed by atoms with Crippen LogP contribution < -0.4 is 5.32 Å². The fourth-order valence-electron chi connectivity index (χ4n) is 1.72. The fourth-order valence-corrected chi connectivity index (χ4v) is 1.72. The molecule has 1 atom stereocenters. The van der Waals surface area contributed by atoms with Gasteiger partial charge in [-0.15, -0.1) is 0 Å². The third-order valence-corrected chi connectivity index (χ3v) is 2.42. The van der Waals surface area contributed by atoms with Crippen LogP contribution in [0.2, 0.25) is 0 Å². The third kappa shape index (κ3) is 2.05. The van der Waals surface area contributed by atoms with Crippen LogP contribution in [0.4, 0.5) is 0 Å². The van der Waals surface area contributed by atoms with Crippen LogP contribution in [-0.4, -0.2) is 42.4 Å². The largest absolute Gasteiger partial charge is 0.313 e. The van der Waals surface area contributed by atoms with Gasteiger partial charge in [0, 0.05) is 25.7 Å². The number of rotatable bonds is 2. The maximum absolute atomic E-state index is 11.2. The van der Waals surface area contributed by atoms with E-state index in [0.29, 0.717) is 6.04 Å². The van der Waals surface area contributed by atoms with Crippen molar-refractivity contribution in [1.82, 2.24) is 10.2 Å². The first-order valence-corrected chi connectivity index (χ1v) is 4.60. The van der Waals surface area contributed by atoms with Gasteiger partial charge in [-0.2, -0.15) is 0 Å². The smallest absolute Gasteiger partial charge is 0.148 e. The van der Waals surface area contributed by atoms with Crippen molar-refractivity contribution in [1.29, 1.82) is 0 Å². The number of carbonyl (C=O) groups is 1. The number of Topliss-reactive ketones (excluding diaryl/α,β-unsaturated/α-hetero) is 1. The van der Waals surface area contributed by atoms with Gasteiger partial charge in [-0.05, 0) is 20.8 Å². The normalized spacial score (nSPS) is 26.2. The van der Waals surface area contributed by atoms with Crippen LogP contribution in [0.5, 0.6) is 0 Å². The molecule has 1 aliphatic rings. The van der Waals surface area contributed by atoms with Crippen molar-refractivity contribution < 1.29 is 4.79 Å². The van der Waals surface area contributed by atoms with Crippen LogP contribution in [0.15, 0.2) is 0 Å². The van der Waals surface area contributed by atoms with E-state index in [2.05, 4.69) is 24.1 Å². The van der Waals surface area contributed by atoms with Gasteiger partial charge in [-0.1, -0.05) is 0 Å². The topological polar surface area (TPSA) is 32.3 Å². The summed E-state index contributed by atoms with van der Waals surface area (Å²) in [6, 6.07) is 0.569. The van der Waals surface area contributed by atoms with Gasteiger partial charge in [0.1, 0.15) is 5.78 Å². The molecule has 3 nitrogen and oxygen atoms in total. The van der Waals surface area contributed by atoms with Crippen molar-refractivity contribution in [3.63, 3.8) is 0 Å². The van der Waals surface area contributed by atoms with E-state index in [0.717, 1.165) is 19.6 Å². The van der Waals surface area contributed by atoms with Crippen LogP contribution in [0.3, 0.4) is 0 Å². The number of piperazine rings is 1. The van der Waals surface area contributed by atoms with Crippen LogP contribution in [-0.2, 0) is 4.79 Å². The summed E-state index contributed by atoms with van der Waals surface area (Å²) in [4.78, 5) is 13.5. The van der Waals surface area contributed by atoms with Gasteiger partial charge in [0.2, 0.25) is 0 Å². The summed E-state index contributed by atoms with van der Waals surface area (Å²) in [7, 11) is 0. The second kappa shape index (κ2) is 4.01. The molecule has 0 bridgehead atoms. The highest BCUT2D eigenvalue weighted by atomic mass is 16.1. The molecule has 3 heteroatoms. The van der Waals surface area contributed by atoms with Crippen LogP contribution in [0.1, 0.15) is 20.8 Å². The van der Waals surface area contributed by atoms with Crippen molar-refractivity contribution in [2.75, 3.05) is 19.6 Å². The molecular formula is C9H18N2O. The average molecular weight is 170 g/mol. The zero-order valence-corrected chi connectivity index (χ0v) is 8.13. The van der Waals surface area contributed by atoms with Crippen molar-refractivity contribution in [2.24, 2.45) is 0 Å². The van der Waals surface area contributed by atoms with E-state index in [1.54, 1.807) is 6.92 Å². The number of carbonyl (C=O) groups excluding carboxylic acids is 1. The van der Waals surface area contributed by atoms with E-state index >= 15 is 0 Å². The summed E-state index contributed by atoms with van der Waals surface area (Å²) in [5, 5.41) is 3.24. The lowest BCUT2D eigenvalue weighted by atomic mass is 10.1. The zero-order chi connectivity index (χ0) is 9.14. The number of hydrogen-bond acceptors (Lipinski definition) is 3. The highest BCUT2D eigenvalue weighted by Gasteiger charge is 2.27. The molecule has 0 radical (unpaired) electrons. The third-order valence-electron chi connectivity index (χ3n) is 2.42. The first-order chi connectivity index (χ1) is 5.63. The lowest BCUT2D eigenvalue weighted by Crippen LogP contribution is -2.56. The van der Waals surface area contributed by atoms with Crippen molar-refractivity contribution in [2.45, 2.75) is 32.9 Å². The first kappa shape index (κ1) is 9.68. The van der Waals surface area contributed by atoms with Crippen LogP contribution >= 0.6 is 0 Å². The molecule has 0 aromatic heterocycles. The van der Waals surface area contributed by atoms with E-state index in [1.165, 1.54) is 0 Å². The monoisotopic (exact) mass is 170 g/mol. The van der Waals surface area contributed by atoms with Crippen molar-refractivity contribution in [3.05, 3.63) is 0 Å². The Morgan fingerprint density at radius 3 is 2.67 bits per heavy atom. The van der Waals surface area contributed by atoms with E-state index in [-0.39, 0.29) is 11.8 Å². The van der Waals surface area contributed by atoms with Gasteiger partial charge in [-0.25, -0.2) is 0 Å². The quantitative estimate of drug-likeness (QED) is 0.645. The predicted octanol–water partition coefficient (Wildman–Crippen LogP) is 0.258. The van der Waals surface area contributed by atoms with E-state index in [1.807, 2.05) is 0 Å². The second-order valence-corrected chi connectivity index (χ2v) is 3.66. The molecule has 0 aromatic rings. The van der Waals surface area contributed by atoms with Gasteiger partial charge in [0.15, 0.2) is 0 Å². The average Bonchev–Trinajstić information content (AvgIpc) is 2.04. The minimum absolute atomic E-state index is 0.0961. The molecule has 1 saturated heterocycles. The van der Waals surface area contributed by atoms with Gasteiger partial charge in [0.25, 0.3) is 0 Å². The van der Waals surface area contributed by atoms with Gasteiger partial charge in [0.05, 0.1) is 6.04 Å². The summed E-state index contributed by atoms with van der Waals surface area (Å²) in [5.74, 6) is 0.274. The molecule has 70 valence electrons. The number of hydrogen-bond donors (Lipinski definition) is 1. The molecule has 1 fully saturated rings. The maximum Gasteiger partial charge on any atom is 0.148 e. The minimum atomic E-state index is 0.0961. The van der Waals surface area contributed by atoms with Gasteiger partial charge < -0.3 is 5.32 Å². The lowest BCUT2D eigenvalue weighted by Gasteiger charge is -2.37. The van der Waals surface area contributed by atoms with E-state index in [4.69, 9.17) is 0 Å². The summed E-state index contributed by atoms with van der Waals surface area (Å²) in [6.07, 6.45) is 0. The SMILES string of the molecule is CC(=O)[C@@H]1CNCCN1C(C)C. The molecular weight excluding hydrogens is 152 g/mol. The second-order valence-electron chi connectivity index (χ2n) is 3.66. The molecule has 1 rings (SSSR count). The number of nitrogens with zero attached hydrogens (tertiary/aromatic N) is 1. The molecule has 0 aliphatic carbocycles. The molecule has 0 unspecified atom stereocenters. The Morgan fingerprint density at radius 2 is 2.25 bits per heavy atom. The Balaban J connectivity index is 2.60. The Morgan fingerprint density at radius 1 is 1.58 bits per heavy atom. The zero-order valence-electron chi connectivity index (χ0n) is 8.13. The molecule has 1 aliphatic heterocycles. The van der Waals surface area contributed by atoms with E-state index in [9.17, 15) is 4.79 Å². The first-order valence-electron chi connectivity index (χ1n) is 4.60. The Labute approximate surface area is 74.1 Å². The van der Waals surface area contributed by atoms with Crippen molar-refractivity contribution in [3.8, 4) is 0 Å². The van der Waals surface area contributed by atoms with Crippen molar-refractivity contribution >= 4 is 5.78 Å². The molecule has 1 N–H and O–H groups in total. The van der Waals surface area contributed by atoms with Gasteiger partial charge >= 0.3 is 0 Å². The minimum Gasteiger partial charge on any atom is -0.313 e. The molecule has 0 spiro atoms. The fraction of sp³-hybridized carbons (Fsp3) is 0.889. The molecule has 0 amide bonds. The molecule has 0 saturated carbocycles. The van der Waals surface area contributed by atoms with Crippen LogP contribution in [0, 0.1) is 0 Å². The summed E-state index contributed by atoms with van der Waals surface area (Å²) in [5.41, 5.74) is 0. The predicted molar refractivity (Wildman–Crippen MR) is 49.2 cm³/mol. The molecule has 1 heterocycles. The highest BCUT2D eigenvalue weighted by molar-refractivity contribution is 5.81. The summed E-state index contributed by atoms with van der Waals surface area (Å²) in [6.45, 7) is 8.76. The summed E-state index contributed by atoms with van der Waals surface area (Å²) < 4.78 is 0. The van der Waals surface area contributed by atoms with E-state index < -0.39 is 0 Å². The maximum atomic E-state index is 11.2. The van der Waals surface area contributed by atoms with Gasteiger partial charge in [-0.3, -0.25) is 9.69 Å². The van der Waals surface area contributed by atoms with Crippen LogP contribution in [0.25, 0.3) is 0 Å². The number of nitrogens with one attached hydrogen (secondary N) is 1. The molecule has 0 aromatic carbocycles. The summed E-state index contributed by atoms with van der Waals surface area (Å²) >= 11 is 0. The Kier molecular flexibility index (Phi) is 3.23. The highest BCUT2D eigenvalue weighted by Crippen LogP contribution is 2.08. The lowest BCUT2D eigenvalue weighted by molar-refractivity contribution is -0.123. The number of ketones is 1.